The van der Waals surface area contributed by atoms with E-state index in [1.807, 2.05) is 0 Å². The number of halogens is 1. The zero-order valence-electron chi connectivity index (χ0n) is 10.9. The molecule has 1 N–H and O–H groups in total. The van der Waals surface area contributed by atoms with Crippen LogP contribution in [0.15, 0.2) is 18.2 Å². The highest BCUT2D eigenvalue weighted by Gasteiger charge is 2.19. The van der Waals surface area contributed by atoms with Crippen LogP contribution in [0.2, 0.25) is 0 Å². The molecule has 1 aliphatic heterocycles. The Kier molecular flexibility index (Phi) is 4.31. The Balaban J connectivity index is 1.97. The predicted molar refractivity (Wildman–Crippen MR) is 71.8 cm³/mol. The molecule has 0 amide bonds. The fourth-order valence-electron chi connectivity index (χ4n) is 2.37. The number of piperidine rings is 1. The monoisotopic (exact) mass is 267 g/mol. The first-order valence-corrected chi connectivity index (χ1v) is 6.53. The molecule has 1 saturated heterocycles. The van der Waals surface area contributed by atoms with Gasteiger partial charge in [-0.2, -0.15) is 4.39 Å². The Morgan fingerprint density at radius 1 is 1.47 bits per heavy atom. The largest absolute Gasteiger partial charge is 0.382 e. The molecule has 2 rings (SSSR count). The molecule has 1 aliphatic rings. The second-order valence-electron chi connectivity index (χ2n) is 4.78. The van der Waals surface area contributed by atoms with Crippen LogP contribution in [0.4, 0.5) is 15.8 Å². The second kappa shape index (κ2) is 5.97. The predicted octanol–water partition coefficient (Wildman–Crippen LogP) is 2.63. The normalized spacial score (nSPS) is 17.4. The quantitative estimate of drug-likeness (QED) is 0.673. The van der Waals surface area contributed by atoms with E-state index in [2.05, 4.69) is 17.1 Å². The van der Waals surface area contributed by atoms with Gasteiger partial charge in [-0.05, 0) is 25.5 Å². The molecule has 1 aromatic carbocycles. The molecular formula is C13H18FN3O2. The summed E-state index contributed by atoms with van der Waals surface area (Å²) in [7, 11) is 0. The summed E-state index contributed by atoms with van der Waals surface area (Å²) in [6, 6.07) is 4.28. The van der Waals surface area contributed by atoms with Gasteiger partial charge in [0.25, 0.3) is 0 Å². The van der Waals surface area contributed by atoms with E-state index >= 15 is 0 Å². The fourth-order valence-corrected chi connectivity index (χ4v) is 2.37. The van der Waals surface area contributed by atoms with Crippen LogP contribution in [0, 0.1) is 15.9 Å². The van der Waals surface area contributed by atoms with E-state index in [1.165, 1.54) is 12.1 Å². The average molecular weight is 267 g/mol. The number of nitro benzene ring substituents is 1. The van der Waals surface area contributed by atoms with E-state index in [1.54, 1.807) is 6.07 Å². The lowest BCUT2D eigenvalue weighted by Gasteiger charge is -2.32. The minimum absolute atomic E-state index is 0.309. The average Bonchev–Trinajstić information content (AvgIpc) is 2.39. The molecule has 0 unspecified atom stereocenters. The summed E-state index contributed by atoms with van der Waals surface area (Å²) < 4.78 is 13.5. The first kappa shape index (κ1) is 13.7. The lowest BCUT2D eigenvalue weighted by Crippen LogP contribution is -2.38. The molecule has 0 radical (unpaired) electrons. The Labute approximate surface area is 111 Å². The standard InChI is InChI=1S/C13H18FN3O2/c1-2-16-7-5-10(6-8-16)15-11-3-4-13(17(18)19)12(14)9-11/h3-4,9-10,15H,2,5-8H2,1H3. The van der Waals surface area contributed by atoms with Crippen molar-refractivity contribution in [2.24, 2.45) is 0 Å². The number of hydrogen-bond donors (Lipinski definition) is 1. The highest BCUT2D eigenvalue weighted by atomic mass is 19.1. The summed E-state index contributed by atoms with van der Waals surface area (Å²) in [5.74, 6) is -0.791. The summed E-state index contributed by atoms with van der Waals surface area (Å²) in [4.78, 5) is 12.2. The van der Waals surface area contributed by atoms with Crippen molar-refractivity contribution in [3.8, 4) is 0 Å². The molecule has 1 aromatic rings. The van der Waals surface area contributed by atoms with Gasteiger partial charge < -0.3 is 10.2 Å². The summed E-state index contributed by atoms with van der Waals surface area (Å²) in [5.41, 5.74) is 0.129. The van der Waals surface area contributed by atoms with Crippen LogP contribution in [-0.2, 0) is 0 Å². The fraction of sp³-hybridized carbons (Fsp3) is 0.538. The van der Waals surface area contributed by atoms with Crippen molar-refractivity contribution in [1.82, 2.24) is 4.90 Å². The first-order valence-electron chi connectivity index (χ1n) is 6.53. The van der Waals surface area contributed by atoms with Crippen LogP contribution in [0.25, 0.3) is 0 Å². The van der Waals surface area contributed by atoms with Crippen LogP contribution in [-0.4, -0.2) is 35.5 Å². The number of likely N-dealkylation sites (tertiary alicyclic amines) is 1. The van der Waals surface area contributed by atoms with Gasteiger partial charge in [0.1, 0.15) is 0 Å². The SMILES string of the molecule is CCN1CCC(Nc2ccc([N+](=O)[O-])c(F)c2)CC1. The third-order valence-electron chi connectivity index (χ3n) is 3.55. The van der Waals surface area contributed by atoms with Crippen molar-refractivity contribution >= 4 is 11.4 Å². The third-order valence-corrected chi connectivity index (χ3v) is 3.55. The lowest BCUT2D eigenvalue weighted by molar-refractivity contribution is -0.387. The molecule has 5 nitrogen and oxygen atoms in total. The van der Waals surface area contributed by atoms with Gasteiger partial charge in [-0.1, -0.05) is 6.92 Å². The van der Waals surface area contributed by atoms with Gasteiger partial charge in [0.15, 0.2) is 0 Å². The van der Waals surface area contributed by atoms with Crippen LogP contribution < -0.4 is 5.32 Å². The number of benzene rings is 1. The number of anilines is 1. The molecule has 0 saturated carbocycles. The smallest absolute Gasteiger partial charge is 0.304 e. The van der Waals surface area contributed by atoms with Gasteiger partial charge in [0.2, 0.25) is 5.82 Å². The second-order valence-corrected chi connectivity index (χ2v) is 4.78. The highest BCUT2D eigenvalue weighted by molar-refractivity contribution is 5.50. The van der Waals surface area contributed by atoms with Crippen LogP contribution in [0.5, 0.6) is 0 Å². The molecule has 104 valence electrons. The van der Waals surface area contributed by atoms with Gasteiger partial charge in [0, 0.05) is 37.0 Å². The molecule has 0 spiro atoms. The molecule has 6 heteroatoms. The maximum atomic E-state index is 13.5. The van der Waals surface area contributed by atoms with E-state index in [0.29, 0.717) is 11.7 Å². The summed E-state index contributed by atoms with van der Waals surface area (Å²) in [5, 5.41) is 13.8. The minimum Gasteiger partial charge on any atom is -0.382 e. The van der Waals surface area contributed by atoms with E-state index in [0.717, 1.165) is 32.5 Å². The third kappa shape index (κ3) is 3.41. The molecule has 0 aromatic heterocycles. The van der Waals surface area contributed by atoms with Crippen LogP contribution in [0.1, 0.15) is 19.8 Å². The number of nitro groups is 1. The highest BCUT2D eigenvalue weighted by Crippen LogP contribution is 2.23. The lowest BCUT2D eigenvalue weighted by atomic mass is 10.0. The van der Waals surface area contributed by atoms with Crippen molar-refractivity contribution in [3.05, 3.63) is 34.1 Å². The van der Waals surface area contributed by atoms with E-state index in [-0.39, 0.29) is 0 Å². The van der Waals surface area contributed by atoms with E-state index in [4.69, 9.17) is 0 Å². The molecule has 1 heterocycles. The minimum atomic E-state index is -0.791. The van der Waals surface area contributed by atoms with E-state index in [9.17, 15) is 14.5 Å². The van der Waals surface area contributed by atoms with Gasteiger partial charge in [-0.15, -0.1) is 0 Å². The molecule has 19 heavy (non-hydrogen) atoms. The van der Waals surface area contributed by atoms with Crippen LogP contribution >= 0.6 is 0 Å². The summed E-state index contributed by atoms with van der Waals surface area (Å²) >= 11 is 0. The maximum Gasteiger partial charge on any atom is 0.304 e. The van der Waals surface area contributed by atoms with Crippen molar-refractivity contribution in [1.29, 1.82) is 0 Å². The Morgan fingerprint density at radius 2 is 2.16 bits per heavy atom. The molecular weight excluding hydrogens is 249 g/mol. The van der Waals surface area contributed by atoms with Crippen molar-refractivity contribution < 1.29 is 9.31 Å². The van der Waals surface area contributed by atoms with Gasteiger partial charge in [-0.3, -0.25) is 10.1 Å². The molecule has 0 aliphatic carbocycles. The maximum absolute atomic E-state index is 13.5. The Hall–Kier alpha value is -1.69. The number of nitrogens with one attached hydrogen (secondary N) is 1. The van der Waals surface area contributed by atoms with Gasteiger partial charge in [-0.25, -0.2) is 0 Å². The van der Waals surface area contributed by atoms with Crippen LogP contribution in [0.3, 0.4) is 0 Å². The Bertz CT molecular complexity index is 459. The number of rotatable bonds is 4. The van der Waals surface area contributed by atoms with Crippen molar-refractivity contribution in [2.75, 3.05) is 25.0 Å². The van der Waals surface area contributed by atoms with Crippen molar-refractivity contribution in [3.63, 3.8) is 0 Å². The topological polar surface area (TPSA) is 58.4 Å². The number of hydrogen-bond acceptors (Lipinski definition) is 4. The van der Waals surface area contributed by atoms with E-state index < -0.39 is 16.4 Å². The zero-order valence-corrected chi connectivity index (χ0v) is 10.9. The zero-order chi connectivity index (χ0) is 13.8. The summed E-state index contributed by atoms with van der Waals surface area (Å²) in [6.07, 6.45) is 2.01. The molecule has 0 atom stereocenters. The van der Waals surface area contributed by atoms with Gasteiger partial charge >= 0.3 is 5.69 Å². The Morgan fingerprint density at radius 3 is 2.68 bits per heavy atom. The molecule has 0 bridgehead atoms. The van der Waals surface area contributed by atoms with Crippen molar-refractivity contribution in [2.45, 2.75) is 25.8 Å². The molecule has 1 fully saturated rings. The first-order chi connectivity index (χ1) is 9.10. The number of nitrogens with zero attached hydrogens (tertiary/aromatic N) is 2. The summed E-state index contributed by atoms with van der Waals surface area (Å²) in [6.45, 7) is 5.26. The van der Waals surface area contributed by atoms with Gasteiger partial charge in [0.05, 0.1) is 4.92 Å².